The van der Waals surface area contributed by atoms with Gasteiger partial charge in [0.2, 0.25) is 0 Å². The molecule has 1 aromatic carbocycles. The molecule has 5 heteroatoms. The Hall–Kier alpha value is -1.13. The Labute approximate surface area is 104 Å². The number of benzene rings is 1. The quantitative estimate of drug-likeness (QED) is 0.905. The molecule has 0 amide bonds. The van der Waals surface area contributed by atoms with E-state index in [-0.39, 0.29) is 5.02 Å². The first-order chi connectivity index (χ1) is 8.09. The Kier molecular flexibility index (Phi) is 3.64. The van der Waals surface area contributed by atoms with Crippen molar-refractivity contribution in [2.45, 2.75) is 18.9 Å². The first-order valence-corrected chi connectivity index (χ1v) is 5.89. The summed E-state index contributed by atoms with van der Waals surface area (Å²) in [6.45, 7) is 1.48. The van der Waals surface area contributed by atoms with Crippen molar-refractivity contribution in [3.63, 3.8) is 0 Å². The van der Waals surface area contributed by atoms with E-state index in [1.54, 1.807) is 0 Å². The Morgan fingerprint density at radius 3 is 2.59 bits per heavy atom. The van der Waals surface area contributed by atoms with E-state index in [0.29, 0.717) is 5.56 Å². The van der Waals surface area contributed by atoms with Gasteiger partial charge in [-0.1, -0.05) is 17.7 Å². The van der Waals surface area contributed by atoms with Crippen LogP contribution in [0.25, 0.3) is 0 Å². The van der Waals surface area contributed by atoms with Gasteiger partial charge >= 0.3 is 5.97 Å². The van der Waals surface area contributed by atoms with E-state index in [2.05, 4.69) is 0 Å². The van der Waals surface area contributed by atoms with Gasteiger partial charge in [-0.2, -0.15) is 0 Å². The van der Waals surface area contributed by atoms with E-state index in [1.165, 1.54) is 12.1 Å². The monoisotopic (exact) mass is 257 g/mol. The van der Waals surface area contributed by atoms with Gasteiger partial charge in [-0.05, 0) is 43.6 Å². The minimum absolute atomic E-state index is 0.171. The van der Waals surface area contributed by atoms with Crippen LogP contribution >= 0.6 is 11.6 Å². The van der Waals surface area contributed by atoms with Crippen LogP contribution in [-0.2, 0) is 4.79 Å². The summed E-state index contributed by atoms with van der Waals surface area (Å²) >= 11 is 5.92. The predicted octanol–water partition coefficient (Wildman–Crippen LogP) is 2.70. The van der Waals surface area contributed by atoms with E-state index < -0.39 is 17.8 Å². The van der Waals surface area contributed by atoms with Crippen LogP contribution in [0, 0.1) is 5.82 Å². The van der Waals surface area contributed by atoms with Crippen molar-refractivity contribution in [1.82, 2.24) is 4.90 Å². The number of likely N-dealkylation sites (tertiary alicyclic amines) is 1. The summed E-state index contributed by atoms with van der Waals surface area (Å²) in [6.07, 6.45) is 1.98. The first-order valence-electron chi connectivity index (χ1n) is 5.51. The van der Waals surface area contributed by atoms with Crippen LogP contribution in [0.2, 0.25) is 5.02 Å². The van der Waals surface area contributed by atoms with Crippen LogP contribution in [0.1, 0.15) is 24.4 Å². The van der Waals surface area contributed by atoms with E-state index >= 15 is 0 Å². The molecule has 17 heavy (non-hydrogen) atoms. The molecule has 1 N–H and O–H groups in total. The van der Waals surface area contributed by atoms with Gasteiger partial charge in [0.15, 0.2) is 0 Å². The number of aliphatic carboxylic acids is 1. The third kappa shape index (κ3) is 2.58. The summed E-state index contributed by atoms with van der Waals surface area (Å²) < 4.78 is 12.9. The summed E-state index contributed by atoms with van der Waals surface area (Å²) in [5.41, 5.74) is 0.461. The van der Waals surface area contributed by atoms with Gasteiger partial charge in [-0.3, -0.25) is 9.69 Å². The zero-order chi connectivity index (χ0) is 12.4. The lowest BCUT2D eigenvalue weighted by Gasteiger charge is -2.24. The second-order valence-corrected chi connectivity index (χ2v) is 4.56. The number of halogens is 2. The molecule has 1 atom stereocenters. The number of hydrogen-bond acceptors (Lipinski definition) is 2. The maximum absolute atomic E-state index is 12.9. The van der Waals surface area contributed by atoms with Crippen LogP contribution in [0.5, 0.6) is 0 Å². The fourth-order valence-corrected chi connectivity index (χ4v) is 2.48. The smallest absolute Gasteiger partial charge is 0.325 e. The van der Waals surface area contributed by atoms with Crippen molar-refractivity contribution in [2.75, 3.05) is 13.1 Å². The van der Waals surface area contributed by atoms with Crippen molar-refractivity contribution in [1.29, 1.82) is 0 Å². The lowest BCUT2D eigenvalue weighted by atomic mass is 10.1. The summed E-state index contributed by atoms with van der Waals surface area (Å²) in [4.78, 5) is 13.2. The normalized spacial score (nSPS) is 18.2. The second-order valence-electron chi connectivity index (χ2n) is 4.15. The van der Waals surface area contributed by atoms with E-state index in [4.69, 9.17) is 11.6 Å². The van der Waals surface area contributed by atoms with Gasteiger partial charge in [0.1, 0.15) is 11.9 Å². The minimum atomic E-state index is -0.944. The second kappa shape index (κ2) is 5.02. The van der Waals surface area contributed by atoms with Crippen LogP contribution in [0.15, 0.2) is 18.2 Å². The highest BCUT2D eigenvalue weighted by Gasteiger charge is 2.30. The van der Waals surface area contributed by atoms with Crippen LogP contribution < -0.4 is 0 Å². The third-order valence-corrected chi connectivity index (χ3v) is 3.32. The molecule has 1 aromatic rings. The van der Waals surface area contributed by atoms with Crippen molar-refractivity contribution >= 4 is 17.6 Å². The fraction of sp³-hybridized carbons (Fsp3) is 0.417. The molecular weight excluding hydrogens is 245 g/mol. The summed E-state index contributed by atoms with van der Waals surface area (Å²) in [5.74, 6) is -1.40. The molecule has 3 nitrogen and oxygen atoms in total. The summed E-state index contributed by atoms with van der Waals surface area (Å²) in [5, 5.41) is 9.46. The average Bonchev–Trinajstić information content (AvgIpc) is 2.74. The predicted molar refractivity (Wildman–Crippen MR) is 62.6 cm³/mol. The Morgan fingerprint density at radius 1 is 1.41 bits per heavy atom. The Bertz CT molecular complexity index is 433. The van der Waals surface area contributed by atoms with Gasteiger partial charge in [0.05, 0.1) is 0 Å². The Balaban J connectivity index is 2.35. The van der Waals surface area contributed by atoms with Crippen molar-refractivity contribution in [2.24, 2.45) is 0 Å². The van der Waals surface area contributed by atoms with Gasteiger partial charge in [-0.15, -0.1) is 0 Å². The SMILES string of the molecule is O=C(O)C(c1ccc(F)cc1Cl)N1CCCC1. The molecule has 1 saturated heterocycles. The highest BCUT2D eigenvalue weighted by atomic mass is 35.5. The molecule has 0 radical (unpaired) electrons. The fourth-order valence-electron chi connectivity index (χ4n) is 2.21. The molecule has 0 bridgehead atoms. The highest BCUT2D eigenvalue weighted by Crippen LogP contribution is 2.30. The van der Waals surface area contributed by atoms with Crippen molar-refractivity contribution < 1.29 is 14.3 Å². The first kappa shape index (κ1) is 12.3. The van der Waals surface area contributed by atoms with E-state index in [9.17, 15) is 14.3 Å². The highest BCUT2D eigenvalue weighted by molar-refractivity contribution is 6.31. The average molecular weight is 258 g/mol. The lowest BCUT2D eigenvalue weighted by molar-refractivity contribution is -0.143. The molecular formula is C12H13ClFNO2. The minimum Gasteiger partial charge on any atom is -0.480 e. The molecule has 0 spiro atoms. The third-order valence-electron chi connectivity index (χ3n) is 3.00. The molecule has 0 saturated carbocycles. The van der Waals surface area contributed by atoms with Crippen LogP contribution in [-0.4, -0.2) is 29.1 Å². The van der Waals surface area contributed by atoms with Crippen molar-refractivity contribution in [3.05, 3.63) is 34.6 Å². The molecule has 92 valence electrons. The largest absolute Gasteiger partial charge is 0.480 e. The number of hydrogen-bond donors (Lipinski definition) is 1. The van der Waals surface area contributed by atoms with Crippen molar-refractivity contribution in [3.8, 4) is 0 Å². The van der Waals surface area contributed by atoms with Gasteiger partial charge in [0.25, 0.3) is 0 Å². The standard InChI is InChI=1S/C12H13ClFNO2/c13-10-7-8(14)3-4-9(10)11(12(16)17)15-5-1-2-6-15/h3-4,7,11H,1-2,5-6H2,(H,16,17). The number of nitrogens with zero attached hydrogens (tertiary/aromatic N) is 1. The van der Waals surface area contributed by atoms with Gasteiger partial charge in [-0.25, -0.2) is 4.39 Å². The van der Waals surface area contributed by atoms with E-state index in [0.717, 1.165) is 32.0 Å². The zero-order valence-electron chi connectivity index (χ0n) is 9.20. The molecule has 1 heterocycles. The number of rotatable bonds is 3. The lowest BCUT2D eigenvalue weighted by Crippen LogP contribution is -2.31. The summed E-state index contributed by atoms with van der Waals surface area (Å²) in [7, 11) is 0. The maximum Gasteiger partial charge on any atom is 0.325 e. The molecule has 2 rings (SSSR count). The molecule has 0 aliphatic carbocycles. The molecule has 1 aliphatic heterocycles. The number of carboxylic acid groups (broad SMARTS) is 1. The topological polar surface area (TPSA) is 40.5 Å². The summed E-state index contributed by atoms with van der Waals surface area (Å²) in [6, 6.07) is 3.08. The molecule has 1 aliphatic rings. The van der Waals surface area contributed by atoms with Gasteiger partial charge in [0, 0.05) is 5.02 Å². The number of carbonyl (C=O) groups is 1. The van der Waals surface area contributed by atoms with Crippen LogP contribution in [0.3, 0.4) is 0 Å². The molecule has 1 unspecified atom stereocenters. The molecule has 1 fully saturated rings. The maximum atomic E-state index is 12.9. The van der Waals surface area contributed by atoms with Gasteiger partial charge < -0.3 is 5.11 Å². The molecule has 0 aromatic heterocycles. The Morgan fingerprint density at radius 2 is 2.06 bits per heavy atom. The van der Waals surface area contributed by atoms with E-state index in [1.807, 2.05) is 4.90 Å². The zero-order valence-corrected chi connectivity index (χ0v) is 9.95. The van der Waals surface area contributed by atoms with Crippen LogP contribution in [0.4, 0.5) is 4.39 Å². The number of carboxylic acids is 1.